The Morgan fingerprint density at radius 1 is 1.18 bits per heavy atom. The summed E-state index contributed by atoms with van der Waals surface area (Å²) in [6.07, 6.45) is 1.63. The molecule has 6 heteroatoms. The first kappa shape index (κ1) is 15.1. The van der Waals surface area contributed by atoms with Crippen molar-refractivity contribution in [3.05, 3.63) is 18.1 Å². The van der Waals surface area contributed by atoms with Crippen LogP contribution in [-0.2, 0) is 0 Å². The van der Waals surface area contributed by atoms with Gasteiger partial charge in [0.1, 0.15) is 12.1 Å². The highest BCUT2D eigenvalue weighted by Gasteiger charge is 2.42. The van der Waals surface area contributed by atoms with Crippen LogP contribution >= 0.6 is 0 Å². The van der Waals surface area contributed by atoms with Crippen molar-refractivity contribution in [1.29, 1.82) is 0 Å². The van der Waals surface area contributed by atoms with E-state index in [1.165, 1.54) is 0 Å². The summed E-state index contributed by atoms with van der Waals surface area (Å²) < 4.78 is 0. The molecule has 2 fully saturated rings. The van der Waals surface area contributed by atoms with Gasteiger partial charge in [-0.2, -0.15) is 0 Å². The molecule has 6 nitrogen and oxygen atoms in total. The average Bonchev–Trinajstić information content (AvgIpc) is 2.94. The Bertz CT molecular complexity index is 554. The highest BCUT2D eigenvalue weighted by Crippen LogP contribution is 2.33. The molecule has 0 aliphatic carbocycles. The lowest BCUT2D eigenvalue weighted by molar-refractivity contribution is 0.196. The third kappa shape index (κ3) is 3.15. The first-order valence-corrected chi connectivity index (χ1v) is 7.92. The van der Waals surface area contributed by atoms with E-state index < -0.39 is 0 Å². The molecule has 0 spiro atoms. The van der Waals surface area contributed by atoms with Gasteiger partial charge in [0, 0.05) is 55.3 Å². The number of rotatable bonds is 1. The summed E-state index contributed by atoms with van der Waals surface area (Å²) in [5.74, 6) is 2.09. The van der Waals surface area contributed by atoms with Gasteiger partial charge >= 0.3 is 6.03 Å². The third-order valence-corrected chi connectivity index (χ3v) is 4.37. The van der Waals surface area contributed by atoms with E-state index in [2.05, 4.69) is 20.2 Å². The van der Waals surface area contributed by atoms with Gasteiger partial charge in [-0.25, -0.2) is 14.8 Å². The molecule has 0 aromatic carbocycles. The Morgan fingerprint density at radius 2 is 1.82 bits per heavy atom. The van der Waals surface area contributed by atoms with E-state index in [4.69, 9.17) is 0 Å². The minimum absolute atomic E-state index is 0.0614. The van der Waals surface area contributed by atoms with Crippen LogP contribution in [0.4, 0.5) is 10.6 Å². The van der Waals surface area contributed by atoms with Crippen LogP contribution in [0, 0.1) is 18.8 Å². The minimum Gasteiger partial charge on any atom is -0.356 e. The van der Waals surface area contributed by atoms with Gasteiger partial charge in [0.05, 0.1) is 0 Å². The van der Waals surface area contributed by atoms with Crippen LogP contribution in [0.5, 0.6) is 0 Å². The van der Waals surface area contributed by atoms with Gasteiger partial charge in [0.25, 0.3) is 0 Å². The smallest absolute Gasteiger partial charge is 0.317 e. The molecule has 2 amide bonds. The van der Waals surface area contributed by atoms with Crippen molar-refractivity contribution in [2.45, 2.75) is 33.2 Å². The summed E-state index contributed by atoms with van der Waals surface area (Å²) in [6.45, 7) is 11.7. The van der Waals surface area contributed by atoms with Crippen molar-refractivity contribution in [1.82, 2.24) is 20.2 Å². The van der Waals surface area contributed by atoms with Gasteiger partial charge in [-0.15, -0.1) is 0 Å². The molecule has 0 bridgehead atoms. The maximum absolute atomic E-state index is 12.3. The van der Waals surface area contributed by atoms with Crippen molar-refractivity contribution in [3.8, 4) is 0 Å². The van der Waals surface area contributed by atoms with Gasteiger partial charge in [0.2, 0.25) is 0 Å². The fraction of sp³-hybridized carbons (Fsp3) is 0.688. The second-order valence-corrected chi connectivity index (χ2v) is 7.53. The molecule has 1 aromatic rings. The van der Waals surface area contributed by atoms with Gasteiger partial charge in [0.15, 0.2) is 0 Å². The molecular formula is C16H25N5O. The van der Waals surface area contributed by atoms with E-state index >= 15 is 0 Å². The van der Waals surface area contributed by atoms with E-state index in [9.17, 15) is 4.79 Å². The van der Waals surface area contributed by atoms with Crippen LogP contribution in [-0.4, -0.2) is 52.6 Å². The van der Waals surface area contributed by atoms with Crippen LogP contribution in [0.3, 0.4) is 0 Å². The summed E-state index contributed by atoms with van der Waals surface area (Å²) in [7, 11) is 0. The van der Waals surface area contributed by atoms with Crippen molar-refractivity contribution in [2.24, 2.45) is 11.8 Å². The molecule has 2 aliphatic heterocycles. The summed E-state index contributed by atoms with van der Waals surface area (Å²) >= 11 is 0. The predicted molar refractivity (Wildman–Crippen MR) is 85.8 cm³/mol. The second kappa shape index (κ2) is 5.41. The largest absolute Gasteiger partial charge is 0.356 e. The number of nitrogens with zero attached hydrogens (tertiary/aromatic N) is 4. The lowest BCUT2D eigenvalue weighted by Crippen LogP contribution is -2.48. The zero-order chi connectivity index (χ0) is 15.9. The number of likely N-dealkylation sites (tertiary alicyclic amines) is 1. The van der Waals surface area contributed by atoms with Crippen molar-refractivity contribution in [3.63, 3.8) is 0 Å². The van der Waals surface area contributed by atoms with Crippen LogP contribution in [0.15, 0.2) is 12.4 Å². The van der Waals surface area contributed by atoms with Gasteiger partial charge in [-0.3, -0.25) is 0 Å². The molecule has 1 aromatic heterocycles. The predicted octanol–water partition coefficient (Wildman–Crippen LogP) is 1.66. The summed E-state index contributed by atoms with van der Waals surface area (Å²) in [6, 6.07) is 2.09. The molecule has 2 unspecified atom stereocenters. The van der Waals surface area contributed by atoms with Crippen LogP contribution < -0.4 is 10.2 Å². The topological polar surface area (TPSA) is 61.4 Å². The highest BCUT2D eigenvalue weighted by molar-refractivity contribution is 5.75. The molecule has 0 radical (unpaired) electrons. The SMILES string of the molecule is Cc1cc(N2CC3CN(C(=O)NC(C)(C)C)CC3C2)ncn1. The lowest BCUT2D eigenvalue weighted by atomic mass is 10.0. The number of carbonyl (C=O) groups is 1. The number of hydrogen-bond donors (Lipinski definition) is 1. The van der Waals surface area contributed by atoms with Gasteiger partial charge in [-0.1, -0.05) is 0 Å². The van der Waals surface area contributed by atoms with E-state index in [-0.39, 0.29) is 11.6 Å². The van der Waals surface area contributed by atoms with E-state index in [0.717, 1.165) is 37.7 Å². The Morgan fingerprint density at radius 3 is 2.36 bits per heavy atom. The van der Waals surface area contributed by atoms with Crippen LogP contribution in [0.25, 0.3) is 0 Å². The maximum Gasteiger partial charge on any atom is 0.317 e. The molecule has 22 heavy (non-hydrogen) atoms. The maximum atomic E-state index is 12.3. The number of amides is 2. The van der Waals surface area contributed by atoms with E-state index in [1.54, 1.807) is 6.33 Å². The Labute approximate surface area is 131 Å². The first-order chi connectivity index (χ1) is 10.3. The molecule has 2 aliphatic rings. The van der Waals surface area contributed by atoms with Gasteiger partial charge in [-0.05, 0) is 27.7 Å². The molecule has 1 N–H and O–H groups in total. The molecule has 2 saturated heterocycles. The van der Waals surface area contributed by atoms with Crippen LogP contribution in [0.1, 0.15) is 26.5 Å². The first-order valence-electron chi connectivity index (χ1n) is 7.92. The number of anilines is 1. The molecule has 0 saturated carbocycles. The molecule has 120 valence electrons. The number of urea groups is 1. The number of hydrogen-bond acceptors (Lipinski definition) is 4. The monoisotopic (exact) mass is 303 g/mol. The molecule has 2 atom stereocenters. The third-order valence-electron chi connectivity index (χ3n) is 4.37. The standard InChI is InChI=1S/C16H25N5O/c1-11-5-14(18-10-17-11)20-6-12-8-21(9-13(12)7-20)15(22)19-16(2,3)4/h5,10,12-13H,6-9H2,1-4H3,(H,19,22). The fourth-order valence-electron chi connectivity index (χ4n) is 3.36. The number of aryl methyl sites for hydroxylation is 1. The molecule has 3 rings (SSSR count). The quantitative estimate of drug-likeness (QED) is 0.857. The van der Waals surface area contributed by atoms with E-state index in [1.807, 2.05) is 38.7 Å². The number of fused-ring (bicyclic) bond motifs is 1. The van der Waals surface area contributed by atoms with Crippen LogP contribution in [0.2, 0.25) is 0 Å². The van der Waals surface area contributed by atoms with Gasteiger partial charge < -0.3 is 15.1 Å². The Kier molecular flexibility index (Phi) is 3.70. The van der Waals surface area contributed by atoms with Crippen molar-refractivity contribution < 1.29 is 4.79 Å². The van der Waals surface area contributed by atoms with E-state index in [0.29, 0.717) is 11.8 Å². The zero-order valence-corrected chi connectivity index (χ0v) is 13.8. The number of nitrogens with one attached hydrogen (secondary N) is 1. The number of aromatic nitrogens is 2. The number of carbonyl (C=O) groups excluding carboxylic acids is 1. The summed E-state index contributed by atoms with van der Waals surface area (Å²) in [5, 5.41) is 3.05. The summed E-state index contributed by atoms with van der Waals surface area (Å²) in [4.78, 5) is 25.1. The molecular weight excluding hydrogens is 278 g/mol. The highest BCUT2D eigenvalue weighted by atomic mass is 16.2. The Hall–Kier alpha value is -1.85. The fourth-order valence-corrected chi connectivity index (χ4v) is 3.36. The second-order valence-electron chi connectivity index (χ2n) is 7.53. The average molecular weight is 303 g/mol. The Balaban J connectivity index is 1.60. The zero-order valence-electron chi connectivity index (χ0n) is 13.8. The lowest BCUT2D eigenvalue weighted by Gasteiger charge is -2.27. The summed E-state index contributed by atoms with van der Waals surface area (Å²) in [5.41, 5.74) is 0.812. The normalized spacial score (nSPS) is 24.5. The van der Waals surface area contributed by atoms with Crippen molar-refractivity contribution >= 4 is 11.8 Å². The minimum atomic E-state index is -0.181. The van der Waals surface area contributed by atoms with Crippen molar-refractivity contribution in [2.75, 3.05) is 31.1 Å². The molecule has 3 heterocycles.